The van der Waals surface area contributed by atoms with Gasteiger partial charge in [0.1, 0.15) is 18.4 Å². The largest absolute Gasteiger partial charge is 0.484 e. The van der Waals surface area contributed by atoms with Crippen LogP contribution in [0.25, 0.3) is 5.69 Å². The molecule has 0 aliphatic carbocycles. The summed E-state index contributed by atoms with van der Waals surface area (Å²) in [5, 5.41) is 4.73. The number of benzene rings is 2. The number of carbonyl (C=O) groups excluding carboxylic acids is 1. The number of amides is 1. The second kappa shape index (κ2) is 8.01. The van der Waals surface area contributed by atoms with Crippen LogP contribution in [0, 0.1) is 0 Å². The van der Waals surface area contributed by atoms with Crippen molar-refractivity contribution in [2.45, 2.75) is 13.0 Å². The maximum atomic E-state index is 12.4. The Labute approximate surface area is 157 Å². The second-order valence-corrected chi connectivity index (χ2v) is 6.29. The molecule has 2 aromatic carbocycles. The lowest BCUT2D eigenvalue weighted by Gasteiger charge is -2.25. The van der Waals surface area contributed by atoms with Gasteiger partial charge in [0.15, 0.2) is 6.61 Å². The Morgan fingerprint density at radius 1 is 1.19 bits per heavy atom. The summed E-state index contributed by atoms with van der Waals surface area (Å²) in [6.07, 6.45) is 3.13. The lowest BCUT2D eigenvalue weighted by Crippen LogP contribution is -2.33. The van der Waals surface area contributed by atoms with Crippen molar-refractivity contribution in [3.05, 3.63) is 71.8 Å². The van der Waals surface area contributed by atoms with E-state index in [-0.39, 0.29) is 18.6 Å². The predicted octanol–water partition coefficient (Wildman–Crippen LogP) is 3.52. The maximum absolute atomic E-state index is 12.4. The molecule has 134 valence electrons. The SMILES string of the molecule is CC(c1ccc(-n2cncn2)cc1)N(C)C(=O)COc1ccc(Cl)cc1. The monoisotopic (exact) mass is 370 g/mol. The number of halogens is 1. The zero-order valence-electron chi connectivity index (χ0n) is 14.5. The lowest BCUT2D eigenvalue weighted by molar-refractivity contribution is -0.134. The highest BCUT2D eigenvalue weighted by Crippen LogP contribution is 2.21. The summed E-state index contributed by atoms with van der Waals surface area (Å²) >= 11 is 5.84. The molecule has 0 N–H and O–H groups in total. The van der Waals surface area contributed by atoms with Gasteiger partial charge in [0.2, 0.25) is 0 Å². The van der Waals surface area contributed by atoms with Crippen molar-refractivity contribution < 1.29 is 9.53 Å². The molecule has 26 heavy (non-hydrogen) atoms. The molecule has 1 amide bonds. The number of likely N-dealkylation sites (N-methyl/N-ethyl adjacent to an activating group) is 1. The van der Waals surface area contributed by atoms with Crippen LogP contribution >= 0.6 is 11.6 Å². The smallest absolute Gasteiger partial charge is 0.260 e. The summed E-state index contributed by atoms with van der Waals surface area (Å²) in [5.74, 6) is 0.508. The molecule has 0 spiro atoms. The summed E-state index contributed by atoms with van der Waals surface area (Å²) in [7, 11) is 1.77. The van der Waals surface area contributed by atoms with Crippen molar-refractivity contribution in [1.82, 2.24) is 19.7 Å². The summed E-state index contributed by atoms with van der Waals surface area (Å²) in [4.78, 5) is 18.0. The van der Waals surface area contributed by atoms with Gasteiger partial charge < -0.3 is 9.64 Å². The molecule has 1 aromatic heterocycles. The molecule has 0 aliphatic rings. The van der Waals surface area contributed by atoms with Gasteiger partial charge in [-0.25, -0.2) is 9.67 Å². The van der Waals surface area contributed by atoms with Crippen molar-refractivity contribution in [3.8, 4) is 11.4 Å². The molecule has 3 aromatic rings. The molecule has 3 rings (SSSR count). The number of nitrogens with zero attached hydrogens (tertiary/aromatic N) is 4. The van der Waals surface area contributed by atoms with Crippen LogP contribution in [-0.4, -0.2) is 39.2 Å². The predicted molar refractivity (Wildman–Crippen MR) is 99.5 cm³/mol. The summed E-state index contributed by atoms with van der Waals surface area (Å²) in [6, 6.07) is 14.7. The molecule has 1 heterocycles. The Bertz CT molecular complexity index is 848. The zero-order valence-corrected chi connectivity index (χ0v) is 15.3. The van der Waals surface area contributed by atoms with Gasteiger partial charge in [0, 0.05) is 12.1 Å². The van der Waals surface area contributed by atoms with Crippen LogP contribution in [0.15, 0.2) is 61.2 Å². The first-order valence-electron chi connectivity index (χ1n) is 8.13. The van der Waals surface area contributed by atoms with Crippen LogP contribution in [0.3, 0.4) is 0 Å². The molecule has 6 nitrogen and oxygen atoms in total. The first-order chi connectivity index (χ1) is 12.5. The maximum Gasteiger partial charge on any atom is 0.260 e. The van der Waals surface area contributed by atoms with Gasteiger partial charge in [-0.3, -0.25) is 4.79 Å². The Morgan fingerprint density at radius 2 is 1.88 bits per heavy atom. The van der Waals surface area contributed by atoms with E-state index in [1.165, 1.54) is 6.33 Å². The van der Waals surface area contributed by atoms with Crippen molar-refractivity contribution in [2.24, 2.45) is 0 Å². The number of ether oxygens (including phenoxy) is 1. The van der Waals surface area contributed by atoms with Crippen LogP contribution in [0.1, 0.15) is 18.5 Å². The second-order valence-electron chi connectivity index (χ2n) is 5.85. The molecule has 0 fully saturated rings. The molecule has 0 saturated heterocycles. The standard InChI is InChI=1S/C19H19ClN4O2/c1-14(15-3-7-17(8-4-15)24-13-21-12-22-24)23(2)19(25)11-26-18-9-5-16(20)6-10-18/h3-10,12-14H,11H2,1-2H3. The normalized spacial score (nSPS) is 11.8. The highest BCUT2D eigenvalue weighted by molar-refractivity contribution is 6.30. The quantitative estimate of drug-likeness (QED) is 0.666. The fraction of sp³-hybridized carbons (Fsp3) is 0.211. The van der Waals surface area contributed by atoms with Gasteiger partial charge in [-0.05, 0) is 48.9 Å². The van der Waals surface area contributed by atoms with Gasteiger partial charge in [-0.2, -0.15) is 5.10 Å². The first kappa shape index (κ1) is 17.9. The molecule has 0 aliphatic heterocycles. The van der Waals surface area contributed by atoms with E-state index in [0.29, 0.717) is 10.8 Å². The van der Waals surface area contributed by atoms with Crippen LogP contribution < -0.4 is 4.74 Å². The molecule has 1 unspecified atom stereocenters. The van der Waals surface area contributed by atoms with Crippen LogP contribution in [0.2, 0.25) is 5.02 Å². The Balaban J connectivity index is 1.60. The van der Waals surface area contributed by atoms with E-state index in [9.17, 15) is 4.79 Å². The minimum atomic E-state index is -0.104. The third-order valence-corrected chi connectivity index (χ3v) is 4.46. The molecule has 0 saturated carbocycles. The molecular weight excluding hydrogens is 352 g/mol. The molecule has 1 atom stereocenters. The van der Waals surface area contributed by atoms with E-state index < -0.39 is 0 Å². The third kappa shape index (κ3) is 4.21. The third-order valence-electron chi connectivity index (χ3n) is 4.21. The number of carbonyl (C=O) groups is 1. The van der Waals surface area contributed by atoms with Crippen molar-refractivity contribution in [2.75, 3.05) is 13.7 Å². The lowest BCUT2D eigenvalue weighted by atomic mass is 10.1. The highest BCUT2D eigenvalue weighted by Gasteiger charge is 2.18. The van der Waals surface area contributed by atoms with Gasteiger partial charge in [-0.15, -0.1) is 0 Å². The number of aromatic nitrogens is 3. The van der Waals surface area contributed by atoms with Crippen LogP contribution in [0.4, 0.5) is 0 Å². The van der Waals surface area contributed by atoms with E-state index in [0.717, 1.165) is 11.3 Å². The van der Waals surface area contributed by atoms with Crippen LogP contribution in [-0.2, 0) is 4.79 Å². The Morgan fingerprint density at radius 3 is 2.50 bits per heavy atom. The molecule has 0 radical (unpaired) electrons. The van der Waals surface area contributed by atoms with E-state index >= 15 is 0 Å². The zero-order chi connectivity index (χ0) is 18.5. The molecular formula is C19H19ClN4O2. The van der Waals surface area contributed by atoms with E-state index in [1.807, 2.05) is 31.2 Å². The summed E-state index contributed by atoms with van der Waals surface area (Å²) < 4.78 is 7.21. The van der Waals surface area contributed by atoms with E-state index in [1.54, 1.807) is 47.2 Å². The topological polar surface area (TPSA) is 60.2 Å². The fourth-order valence-electron chi connectivity index (χ4n) is 2.46. The minimum Gasteiger partial charge on any atom is -0.484 e. The fourth-order valence-corrected chi connectivity index (χ4v) is 2.59. The first-order valence-corrected chi connectivity index (χ1v) is 8.51. The summed E-state index contributed by atoms with van der Waals surface area (Å²) in [6.45, 7) is 1.95. The number of rotatable bonds is 6. The highest BCUT2D eigenvalue weighted by atomic mass is 35.5. The van der Waals surface area contributed by atoms with Crippen molar-refractivity contribution in [3.63, 3.8) is 0 Å². The molecule has 7 heteroatoms. The number of hydrogen-bond acceptors (Lipinski definition) is 4. The van der Waals surface area contributed by atoms with Gasteiger partial charge in [0.25, 0.3) is 5.91 Å². The minimum absolute atomic E-state index is 0.0283. The Kier molecular flexibility index (Phi) is 5.53. The van der Waals surface area contributed by atoms with Gasteiger partial charge >= 0.3 is 0 Å². The van der Waals surface area contributed by atoms with E-state index in [2.05, 4.69) is 10.1 Å². The number of hydrogen-bond donors (Lipinski definition) is 0. The van der Waals surface area contributed by atoms with Crippen LogP contribution in [0.5, 0.6) is 5.75 Å². The van der Waals surface area contributed by atoms with Gasteiger partial charge in [0.05, 0.1) is 11.7 Å². The average molecular weight is 371 g/mol. The van der Waals surface area contributed by atoms with Gasteiger partial charge in [-0.1, -0.05) is 23.7 Å². The summed E-state index contributed by atoms with van der Waals surface area (Å²) in [5.41, 5.74) is 1.94. The Hall–Kier alpha value is -2.86. The van der Waals surface area contributed by atoms with Crippen molar-refractivity contribution >= 4 is 17.5 Å². The van der Waals surface area contributed by atoms with Crippen molar-refractivity contribution in [1.29, 1.82) is 0 Å². The van der Waals surface area contributed by atoms with E-state index in [4.69, 9.17) is 16.3 Å². The average Bonchev–Trinajstić information content (AvgIpc) is 3.21. The molecule has 0 bridgehead atoms.